The molecule has 2 N–H and O–H groups in total. The summed E-state index contributed by atoms with van der Waals surface area (Å²) >= 11 is 6.22. The predicted octanol–water partition coefficient (Wildman–Crippen LogP) is 1.32. The summed E-state index contributed by atoms with van der Waals surface area (Å²) in [7, 11) is 0. The van der Waals surface area contributed by atoms with Crippen molar-refractivity contribution in [3.05, 3.63) is 41.2 Å². The van der Waals surface area contributed by atoms with Gasteiger partial charge in [0.25, 0.3) is 0 Å². The highest BCUT2D eigenvalue weighted by Crippen LogP contribution is 2.38. The zero-order valence-electron chi connectivity index (χ0n) is 14.3. The van der Waals surface area contributed by atoms with E-state index in [0.717, 1.165) is 5.56 Å². The Hall–Kier alpha value is -3.07. The van der Waals surface area contributed by atoms with Crippen molar-refractivity contribution in [3.63, 3.8) is 0 Å². The highest BCUT2D eigenvalue weighted by atomic mass is 35.5. The molecule has 3 heterocycles. The number of nitrogens with one attached hydrogen (secondary N) is 2. The maximum atomic E-state index is 12.0. The van der Waals surface area contributed by atoms with Crippen molar-refractivity contribution in [1.29, 1.82) is 0 Å². The zero-order valence-corrected chi connectivity index (χ0v) is 15.1. The largest absolute Gasteiger partial charge is 0.486 e. The summed E-state index contributed by atoms with van der Waals surface area (Å²) in [6, 6.07) is 7.24. The van der Waals surface area contributed by atoms with E-state index >= 15 is 0 Å². The van der Waals surface area contributed by atoms with Crippen molar-refractivity contribution >= 4 is 29.0 Å². The Bertz CT molecular complexity index is 976. The van der Waals surface area contributed by atoms with Gasteiger partial charge in [-0.15, -0.1) is 15.3 Å². The normalized spacial score (nSPS) is 12.8. The van der Waals surface area contributed by atoms with Crippen LogP contribution in [-0.2, 0) is 11.2 Å². The smallest absolute Gasteiger partial charge is 0.239 e. The molecule has 0 saturated carbocycles. The summed E-state index contributed by atoms with van der Waals surface area (Å²) in [5, 5.41) is 18.2. The molecule has 0 fully saturated rings. The summed E-state index contributed by atoms with van der Waals surface area (Å²) in [5.74, 6) is 1.66. The first-order valence-corrected chi connectivity index (χ1v) is 8.82. The second-order valence-electron chi connectivity index (χ2n) is 5.91. The lowest BCUT2D eigenvalue weighted by Crippen LogP contribution is -2.31. The Balaban J connectivity index is 1.26. The lowest BCUT2D eigenvalue weighted by atomic mass is 10.1. The zero-order chi connectivity index (χ0) is 18.6. The van der Waals surface area contributed by atoms with Crippen LogP contribution in [0.2, 0.25) is 5.02 Å². The molecule has 10 heteroatoms. The molecule has 1 amide bonds. The van der Waals surface area contributed by atoms with Gasteiger partial charge in [-0.3, -0.25) is 4.79 Å². The maximum Gasteiger partial charge on any atom is 0.239 e. The number of halogens is 1. The fourth-order valence-corrected chi connectivity index (χ4v) is 3.00. The Labute approximate surface area is 159 Å². The van der Waals surface area contributed by atoms with Gasteiger partial charge in [0.1, 0.15) is 25.4 Å². The molecule has 0 unspecified atom stereocenters. The lowest BCUT2D eigenvalue weighted by molar-refractivity contribution is -0.119. The van der Waals surface area contributed by atoms with E-state index in [1.54, 1.807) is 12.1 Å². The van der Waals surface area contributed by atoms with Crippen LogP contribution in [0.3, 0.4) is 0 Å². The molecule has 0 aliphatic carbocycles. The molecular formula is C17H17ClN6O3. The number of hydrogen-bond acceptors (Lipinski definition) is 7. The van der Waals surface area contributed by atoms with Gasteiger partial charge in [-0.1, -0.05) is 11.6 Å². The number of rotatable bonds is 6. The topological polar surface area (TPSA) is 103 Å². The van der Waals surface area contributed by atoms with Gasteiger partial charge < -0.3 is 20.1 Å². The second kappa shape index (κ2) is 7.67. The Morgan fingerprint density at radius 3 is 3.07 bits per heavy atom. The van der Waals surface area contributed by atoms with E-state index in [1.165, 1.54) is 10.8 Å². The summed E-state index contributed by atoms with van der Waals surface area (Å²) in [4.78, 5) is 12.0. The monoisotopic (exact) mass is 388 g/mol. The van der Waals surface area contributed by atoms with E-state index in [0.29, 0.717) is 54.2 Å². The van der Waals surface area contributed by atoms with Crippen molar-refractivity contribution in [3.8, 4) is 11.5 Å². The van der Waals surface area contributed by atoms with Gasteiger partial charge in [0.2, 0.25) is 5.91 Å². The average molecular weight is 389 g/mol. The van der Waals surface area contributed by atoms with Gasteiger partial charge in [-0.2, -0.15) is 4.52 Å². The molecule has 2 aromatic heterocycles. The van der Waals surface area contributed by atoms with Crippen LogP contribution in [0.4, 0.5) is 5.82 Å². The number of hydrogen-bond donors (Lipinski definition) is 2. The van der Waals surface area contributed by atoms with Gasteiger partial charge in [-0.25, -0.2) is 0 Å². The van der Waals surface area contributed by atoms with Gasteiger partial charge in [0.05, 0.1) is 11.6 Å². The van der Waals surface area contributed by atoms with Crippen molar-refractivity contribution in [2.45, 2.75) is 6.42 Å². The van der Waals surface area contributed by atoms with E-state index in [9.17, 15) is 4.79 Å². The molecule has 1 aliphatic heterocycles. The summed E-state index contributed by atoms with van der Waals surface area (Å²) < 4.78 is 12.6. The number of nitrogens with zero attached hydrogens (tertiary/aromatic N) is 4. The number of carbonyl (C=O) groups is 1. The standard InChI is InChI=1S/C17H17ClN6O3/c18-12-7-11(8-13-17(12)27-6-5-26-13)3-4-19-16(25)9-20-14-1-2-15-22-21-10-24(15)23-14/h1-2,7-8,10H,3-6,9H2,(H,19,25)(H,20,23). The predicted molar refractivity (Wildman–Crippen MR) is 98.4 cm³/mol. The Morgan fingerprint density at radius 1 is 1.26 bits per heavy atom. The first kappa shape index (κ1) is 17.3. The first-order chi connectivity index (χ1) is 13.2. The number of benzene rings is 1. The number of fused-ring (bicyclic) bond motifs is 2. The van der Waals surface area contributed by atoms with Crippen LogP contribution >= 0.6 is 11.6 Å². The van der Waals surface area contributed by atoms with E-state index in [-0.39, 0.29) is 12.5 Å². The number of anilines is 1. The third kappa shape index (κ3) is 4.03. The average Bonchev–Trinajstić information content (AvgIpc) is 3.14. The van der Waals surface area contributed by atoms with Crippen LogP contribution in [0.25, 0.3) is 5.65 Å². The third-order valence-electron chi connectivity index (χ3n) is 3.98. The van der Waals surface area contributed by atoms with Gasteiger partial charge >= 0.3 is 0 Å². The SMILES string of the molecule is O=C(CNc1ccc2nncn2n1)NCCc1cc(Cl)c2c(c1)OCCO2. The molecule has 0 radical (unpaired) electrons. The summed E-state index contributed by atoms with van der Waals surface area (Å²) in [6.45, 7) is 1.59. The fourth-order valence-electron chi connectivity index (χ4n) is 2.71. The highest BCUT2D eigenvalue weighted by Gasteiger charge is 2.16. The number of carbonyl (C=O) groups excluding carboxylic acids is 1. The van der Waals surface area contributed by atoms with Crippen molar-refractivity contribution in [2.24, 2.45) is 0 Å². The van der Waals surface area contributed by atoms with Gasteiger partial charge in [-0.05, 0) is 36.2 Å². The van der Waals surface area contributed by atoms with Gasteiger partial charge in [0, 0.05) is 6.54 Å². The Kier molecular flexibility index (Phi) is 4.93. The van der Waals surface area contributed by atoms with Crippen molar-refractivity contribution < 1.29 is 14.3 Å². The van der Waals surface area contributed by atoms with Crippen LogP contribution in [0.5, 0.6) is 11.5 Å². The van der Waals surface area contributed by atoms with E-state index in [4.69, 9.17) is 21.1 Å². The number of amides is 1. The molecule has 3 aromatic rings. The molecule has 0 bridgehead atoms. The molecule has 9 nitrogen and oxygen atoms in total. The first-order valence-electron chi connectivity index (χ1n) is 8.45. The number of ether oxygens (including phenoxy) is 2. The third-order valence-corrected chi connectivity index (χ3v) is 4.26. The maximum absolute atomic E-state index is 12.0. The summed E-state index contributed by atoms with van der Waals surface area (Å²) in [6.07, 6.45) is 2.13. The van der Waals surface area contributed by atoms with Crippen LogP contribution in [0.15, 0.2) is 30.6 Å². The van der Waals surface area contributed by atoms with Crippen LogP contribution in [0.1, 0.15) is 5.56 Å². The minimum absolute atomic E-state index is 0.114. The lowest BCUT2D eigenvalue weighted by Gasteiger charge is -2.20. The minimum Gasteiger partial charge on any atom is -0.486 e. The number of aromatic nitrogens is 4. The highest BCUT2D eigenvalue weighted by molar-refractivity contribution is 6.32. The molecule has 0 atom stereocenters. The molecule has 4 rings (SSSR count). The summed E-state index contributed by atoms with van der Waals surface area (Å²) in [5.41, 5.74) is 1.61. The minimum atomic E-state index is -0.135. The second-order valence-corrected chi connectivity index (χ2v) is 6.31. The molecule has 1 aliphatic rings. The van der Waals surface area contributed by atoms with Crippen molar-refractivity contribution in [1.82, 2.24) is 25.1 Å². The van der Waals surface area contributed by atoms with E-state index in [1.807, 2.05) is 12.1 Å². The molecule has 27 heavy (non-hydrogen) atoms. The van der Waals surface area contributed by atoms with Crippen molar-refractivity contribution in [2.75, 3.05) is 31.6 Å². The van der Waals surface area contributed by atoms with Crippen LogP contribution in [0, 0.1) is 0 Å². The molecular weight excluding hydrogens is 372 g/mol. The van der Waals surface area contributed by atoms with Crippen LogP contribution in [-0.4, -0.2) is 52.0 Å². The molecule has 1 aromatic carbocycles. The molecule has 0 spiro atoms. The van der Waals surface area contributed by atoms with Gasteiger partial charge in [0.15, 0.2) is 17.1 Å². The molecule has 0 saturated heterocycles. The fraction of sp³-hybridized carbons (Fsp3) is 0.294. The molecule has 140 valence electrons. The Morgan fingerprint density at radius 2 is 2.15 bits per heavy atom. The van der Waals surface area contributed by atoms with E-state index < -0.39 is 0 Å². The van der Waals surface area contributed by atoms with Crippen LogP contribution < -0.4 is 20.1 Å². The quantitative estimate of drug-likeness (QED) is 0.656. The van der Waals surface area contributed by atoms with E-state index in [2.05, 4.69) is 25.9 Å².